The van der Waals surface area contributed by atoms with E-state index in [0.29, 0.717) is 11.8 Å². The van der Waals surface area contributed by atoms with Gasteiger partial charge in [0, 0.05) is 11.1 Å². The second-order valence-corrected chi connectivity index (χ2v) is 9.44. The molecule has 0 aliphatic heterocycles. The molecule has 0 unspecified atom stereocenters. The summed E-state index contributed by atoms with van der Waals surface area (Å²) >= 11 is 0. The van der Waals surface area contributed by atoms with E-state index >= 15 is 0 Å². The van der Waals surface area contributed by atoms with Crippen molar-refractivity contribution in [3.8, 4) is 11.8 Å². The molecule has 168 valence electrons. The summed E-state index contributed by atoms with van der Waals surface area (Å²) in [5.41, 5.74) is 7.99. The highest BCUT2D eigenvalue weighted by molar-refractivity contribution is 5.44. The van der Waals surface area contributed by atoms with Crippen LogP contribution in [0.25, 0.3) is 0 Å². The highest BCUT2D eigenvalue weighted by Crippen LogP contribution is 2.40. The van der Waals surface area contributed by atoms with Crippen LogP contribution in [-0.4, -0.2) is 0 Å². The average molecular weight is 433 g/mol. The van der Waals surface area contributed by atoms with Crippen LogP contribution in [0.4, 0.5) is 0 Å². The Kier molecular flexibility index (Phi) is 8.21. The molecule has 1 aliphatic rings. The lowest BCUT2D eigenvalue weighted by Gasteiger charge is -2.29. The second-order valence-electron chi connectivity index (χ2n) is 9.44. The van der Waals surface area contributed by atoms with Crippen LogP contribution in [0.3, 0.4) is 0 Å². The van der Waals surface area contributed by atoms with Crippen molar-refractivity contribution in [3.63, 3.8) is 0 Å². The first-order chi connectivity index (χ1) is 16.2. The third kappa shape index (κ3) is 6.49. The Morgan fingerprint density at radius 2 is 1.09 bits per heavy atom. The molecule has 0 radical (unpaired) electrons. The number of hydrogen-bond donors (Lipinski definition) is 0. The number of allylic oxidation sites excluding steroid dienone is 1. The Bertz CT molecular complexity index is 1060. The zero-order valence-electron chi connectivity index (χ0n) is 20.0. The lowest BCUT2D eigenvalue weighted by atomic mass is 9.76. The van der Waals surface area contributed by atoms with Gasteiger partial charge in [-0.1, -0.05) is 79.8 Å². The van der Waals surface area contributed by atoms with Crippen LogP contribution in [0.1, 0.15) is 90.7 Å². The number of rotatable bonds is 7. The molecule has 33 heavy (non-hydrogen) atoms. The SMILES string of the molecule is C=CCCc1ccc(C2CCC(c3ccc(C#Cc4ccc(CCC)cc4)cc3)CC2)cc1. The van der Waals surface area contributed by atoms with Gasteiger partial charge in [0.2, 0.25) is 0 Å². The fourth-order valence-corrected chi connectivity index (χ4v) is 5.01. The van der Waals surface area contributed by atoms with Crippen molar-refractivity contribution in [2.24, 2.45) is 0 Å². The molecule has 0 atom stereocenters. The van der Waals surface area contributed by atoms with Crippen molar-refractivity contribution in [3.05, 3.63) is 119 Å². The Morgan fingerprint density at radius 3 is 1.58 bits per heavy atom. The van der Waals surface area contributed by atoms with Gasteiger partial charge in [0.05, 0.1) is 0 Å². The van der Waals surface area contributed by atoms with E-state index in [-0.39, 0.29) is 0 Å². The van der Waals surface area contributed by atoms with Crippen LogP contribution in [0, 0.1) is 11.8 Å². The van der Waals surface area contributed by atoms with Crippen LogP contribution in [0.5, 0.6) is 0 Å². The van der Waals surface area contributed by atoms with Gasteiger partial charge in [-0.2, -0.15) is 0 Å². The minimum atomic E-state index is 0.682. The summed E-state index contributed by atoms with van der Waals surface area (Å²) in [6.45, 7) is 6.04. The van der Waals surface area contributed by atoms with Crippen molar-refractivity contribution in [1.29, 1.82) is 0 Å². The summed E-state index contributed by atoms with van der Waals surface area (Å²) in [6.07, 6.45) is 11.6. The van der Waals surface area contributed by atoms with E-state index in [1.807, 2.05) is 6.08 Å². The molecule has 0 amide bonds. The summed E-state index contributed by atoms with van der Waals surface area (Å²) in [6, 6.07) is 27.0. The fourth-order valence-electron chi connectivity index (χ4n) is 5.01. The molecule has 0 aromatic heterocycles. The molecule has 0 heteroatoms. The van der Waals surface area contributed by atoms with Gasteiger partial charge in [-0.3, -0.25) is 0 Å². The van der Waals surface area contributed by atoms with E-state index in [0.717, 1.165) is 30.4 Å². The Balaban J connectivity index is 1.31. The van der Waals surface area contributed by atoms with Gasteiger partial charge < -0.3 is 0 Å². The van der Waals surface area contributed by atoms with Crippen molar-refractivity contribution in [2.45, 2.75) is 70.1 Å². The minimum Gasteiger partial charge on any atom is -0.103 e. The van der Waals surface area contributed by atoms with Crippen molar-refractivity contribution in [2.75, 3.05) is 0 Å². The Morgan fingerprint density at radius 1 is 0.667 bits per heavy atom. The molecular formula is C33H36. The lowest BCUT2D eigenvalue weighted by Crippen LogP contribution is -2.12. The molecule has 1 saturated carbocycles. The zero-order chi connectivity index (χ0) is 22.9. The maximum absolute atomic E-state index is 3.83. The van der Waals surface area contributed by atoms with Crippen molar-refractivity contribution in [1.82, 2.24) is 0 Å². The largest absolute Gasteiger partial charge is 0.103 e. The first-order valence-electron chi connectivity index (χ1n) is 12.7. The predicted octanol–water partition coefficient (Wildman–Crippen LogP) is 8.60. The molecule has 0 heterocycles. The standard InChI is InChI=1S/C33H36/c1-3-5-7-27-14-18-30(19-15-27)32-22-24-33(25-23-32)31-20-16-29(17-21-31)13-12-28-10-8-26(6-4-2)9-11-28/h3,8-11,14-21,32-33H,1,4-7,22-25H2,2H3. The highest BCUT2D eigenvalue weighted by atomic mass is 14.3. The third-order valence-corrected chi connectivity index (χ3v) is 7.04. The van der Waals surface area contributed by atoms with Gasteiger partial charge in [0.1, 0.15) is 0 Å². The fraction of sp³-hybridized carbons (Fsp3) is 0.333. The minimum absolute atomic E-state index is 0.682. The molecule has 1 aliphatic carbocycles. The summed E-state index contributed by atoms with van der Waals surface area (Å²) in [7, 11) is 0. The molecule has 1 fully saturated rings. The van der Waals surface area contributed by atoms with Gasteiger partial charge in [-0.15, -0.1) is 6.58 Å². The monoisotopic (exact) mass is 432 g/mol. The van der Waals surface area contributed by atoms with Gasteiger partial charge in [0.25, 0.3) is 0 Å². The van der Waals surface area contributed by atoms with E-state index in [1.165, 1.54) is 54.4 Å². The van der Waals surface area contributed by atoms with Gasteiger partial charge in [-0.05, 0) is 103 Å². The lowest BCUT2D eigenvalue weighted by molar-refractivity contribution is 0.396. The predicted molar refractivity (Wildman–Crippen MR) is 142 cm³/mol. The van der Waals surface area contributed by atoms with Crippen LogP contribution in [0.2, 0.25) is 0 Å². The molecule has 3 aromatic carbocycles. The normalized spacial score (nSPS) is 17.7. The topological polar surface area (TPSA) is 0 Å². The number of benzene rings is 3. The molecule has 0 nitrogen and oxygen atoms in total. The molecule has 0 saturated heterocycles. The molecule has 3 aromatic rings. The summed E-state index contributed by atoms with van der Waals surface area (Å²) < 4.78 is 0. The second kappa shape index (κ2) is 11.7. The summed E-state index contributed by atoms with van der Waals surface area (Å²) in [5.74, 6) is 8.04. The van der Waals surface area contributed by atoms with E-state index in [2.05, 4.69) is 98.1 Å². The average Bonchev–Trinajstić information content (AvgIpc) is 2.88. The molecule has 0 bridgehead atoms. The maximum atomic E-state index is 3.83. The van der Waals surface area contributed by atoms with Crippen LogP contribution in [-0.2, 0) is 12.8 Å². The van der Waals surface area contributed by atoms with Crippen LogP contribution in [0.15, 0.2) is 85.5 Å². The van der Waals surface area contributed by atoms with E-state index in [9.17, 15) is 0 Å². The quantitative estimate of drug-likeness (QED) is 0.259. The molecule has 0 N–H and O–H groups in total. The van der Waals surface area contributed by atoms with Gasteiger partial charge >= 0.3 is 0 Å². The third-order valence-electron chi connectivity index (χ3n) is 7.04. The molecule has 0 spiro atoms. The first-order valence-corrected chi connectivity index (χ1v) is 12.7. The van der Waals surface area contributed by atoms with Crippen molar-refractivity contribution < 1.29 is 0 Å². The Labute approximate surface area is 200 Å². The molecule has 4 rings (SSSR count). The van der Waals surface area contributed by atoms with Gasteiger partial charge in [-0.25, -0.2) is 0 Å². The summed E-state index contributed by atoms with van der Waals surface area (Å²) in [5, 5.41) is 0. The maximum Gasteiger partial charge on any atom is 0.0249 e. The smallest absolute Gasteiger partial charge is 0.0249 e. The Hall–Kier alpha value is -3.04. The van der Waals surface area contributed by atoms with Crippen LogP contribution >= 0.6 is 0 Å². The summed E-state index contributed by atoms with van der Waals surface area (Å²) in [4.78, 5) is 0. The van der Waals surface area contributed by atoms with Gasteiger partial charge in [0.15, 0.2) is 0 Å². The first kappa shape index (κ1) is 23.1. The van der Waals surface area contributed by atoms with Crippen molar-refractivity contribution >= 4 is 0 Å². The van der Waals surface area contributed by atoms with E-state index < -0.39 is 0 Å². The zero-order valence-corrected chi connectivity index (χ0v) is 20.0. The molecular weight excluding hydrogens is 396 g/mol. The highest BCUT2D eigenvalue weighted by Gasteiger charge is 2.23. The van der Waals surface area contributed by atoms with Crippen LogP contribution < -0.4 is 0 Å². The number of aryl methyl sites for hydroxylation is 2. The number of hydrogen-bond acceptors (Lipinski definition) is 0. The van der Waals surface area contributed by atoms with E-state index in [4.69, 9.17) is 0 Å². The van der Waals surface area contributed by atoms with E-state index in [1.54, 1.807) is 0 Å².